The topological polar surface area (TPSA) is 105 Å². The highest BCUT2D eigenvalue weighted by atomic mass is 32.2. The molecule has 3 heterocycles. The second-order valence-corrected chi connectivity index (χ2v) is 10.4. The van der Waals surface area contributed by atoms with Crippen molar-refractivity contribution in [1.29, 1.82) is 0 Å². The molecular formula is C23H31N7O2S. The lowest BCUT2D eigenvalue weighted by Crippen LogP contribution is -2.42. The lowest BCUT2D eigenvalue weighted by Gasteiger charge is -2.30. The van der Waals surface area contributed by atoms with Crippen molar-refractivity contribution in [3.05, 3.63) is 53.5 Å². The zero-order chi connectivity index (χ0) is 26.1. The van der Waals surface area contributed by atoms with E-state index < -0.39 is 17.0 Å². The molecule has 0 amide bonds. The molecule has 0 radical (unpaired) electrons. The standard InChI is InChI=1S/C23H31N7O2S/c1-16-11-18(13-24-3)5-6-21(16)30-15-19(14-26-30)22-17(2)12-25-23(28-22)27-20-7-9-29(10-8-20)33(4,31)32/h5-6,11-12,14-15,20,24H,7-10,13H2,1-4H3,(H,25,27,28)/i3D3. The van der Waals surface area contributed by atoms with E-state index in [1.54, 1.807) is 17.1 Å². The van der Waals surface area contributed by atoms with Crippen molar-refractivity contribution in [2.45, 2.75) is 39.3 Å². The molecule has 1 fully saturated rings. The summed E-state index contributed by atoms with van der Waals surface area (Å²) in [6.07, 6.45) is 8.05. The Morgan fingerprint density at radius 2 is 1.97 bits per heavy atom. The smallest absolute Gasteiger partial charge is 0.223 e. The first-order chi connectivity index (χ1) is 16.9. The Morgan fingerprint density at radius 3 is 2.67 bits per heavy atom. The van der Waals surface area contributed by atoms with Crippen LogP contribution in [0.5, 0.6) is 0 Å². The van der Waals surface area contributed by atoms with Crippen LogP contribution in [0.1, 0.15) is 33.6 Å². The summed E-state index contributed by atoms with van der Waals surface area (Å²) in [5.41, 5.74) is 5.26. The van der Waals surface area contributed by atoms with Crippen molar-refractivity contribution in [1.82, 2.24) is 29.4 Å². The van der Waals surface area contributed by atoms with E-state index in [0.717, 1.165) is 33.6 Å². The second kappa shape index (κ2) is 9.58. The van der Waals surface area contributed by atoms with Gasteiger partial charge in [0, 0.05) is 47.7 Å². The van der Waals surface area contributed by atoms with Crippen LogP contribution in [-0.4, -0.2) is 64.8 Å². The van der Waals surface area contributed by atoms with E-state index in [1.807, 2.05) is 38.2 Å². The number of aromatic nitrogens is 4. The van der Waals surface area contributed by atoms with E-state index in [0.29, 0.717) is 31.9 Å². The number of hydrogen-bond acceptors (Lipinski definition) is 7. The second-order valence-electron chi connectivity index (χ2n) is 8.45. The molecule has 1 saturated heterocycles. The Hall–Kier alpha value is -2.82. The lowest BCUT2D eigenvalue weighted by molar-refractivity contribution is 0.331. The van der Waals surface area contributed by atoms with Crippen LogP contribution in [0.2, 0.25) is 0 Å². The predicted molar refractivity (Wildman–Crippen MR) is 130 cm³/mol. The van der Waals surface area contributed by atoms with Gasteiger partial charge in [-0.25, -0.2) is 27.4 Å². The van der Waals surface area contributed by atoms with Gasteiger partial charge < -0.3 is 10.6 Å². The number of piperidine rings is 1. The molecule has 1 aliphatic heterocycles. The van der Waals surface area contributed by atoms with E-state index in [9.17, 15) is 8.42 Å². The highest BCUT2D eigenvalue weighted by Crippen LogP contribution is 2.25. The van der Waals surface area contributed by atoms with Crippen LogP contribution in [-0.2, 0) is 16.6 Å². The zero-order valence-corrected chi connectivity index (χ0v) is 19.9. The van der Waals surface area contributed by atoms with Gasteiger partial charge in [-0.1, -0.05) is 12.1 Å². The highest BCUT2D eigenvalue weighted by molar-refractivity contribution is 7.88. The normalized spacial score (nSPS) is 17.4. The summed E-state index contributed by atoms with van der Waals surface area (Å²) >= 11 is 0. The number of nitrogens with one attached hydrogen (secondary N) is 2. The van der Waals surface area contributed by atoms with Crippen LogP contribution >= 0.6 is 0 Å². The van der Waals surface area contributed by atoms with Crippen molar-refractivity contribution >= 4 is 16.0 Å². The van der Waals surface area contributed by atoms with Crippen molar-refractivity contribution in [2.75, 3.05) is 31.6 Å². The minimum atomic E-state index is -3.17. The van der Waals surface area contributed by atoms with Gasteiger partial charge in [0.2, 0.25) is 16.0 Å². The monoisotopic (exact) mass is 472 g/mol. The first kappa shape index (κ1) is 19.6. The summed E-state index contributed by atoms with van der Waals surface area (Å²) in [6, 6.07) is 5.85. The fourth-order valence-corrected chi connectivity index (χ4v) is 4.96. The number of hydrogen-bond donors (Lipinski definition) is 2. The first-order valence-corrected chi connectivity index (χ1v) is 12.7. The number of anilines is 1. The Labute approximate surface area is 199 Å². The molecule has 0 unspecified atom stereocenters. The molecule has 0 aliphatic carbocycles. The van der Waals surface area contributed by atoms with Crippen LogP contribution in [0.15, 0.2) is 36.8 Å². The highest BCUT2D eigenvalue weighted by Gasteiger charge is 2.25. The summed E-state index contributed by atoms with van der Waals surface area (Å²) in [5.74, 6) is 0.503. The minimum Gasteiger partial charge on any atom is -0.351 e. The fourth-order valence-electron chi connectivity index (χ4n) is 4.08. The summed E-state index contributed by atoms with van der Waals surface area (Å²) < 4.78 is 48.7. The number of sulfonamides is 1. The average molecular weight is 473 g/mol. The molecule has 33 heavy (non-hydrogen) atoms. The maximum absolute atomic E-state index is 11.7. The van der Waals surface area contributed by atoms with Crippen LogP contribution < -0.4 is 10.6 Å². The van der Waals surface area contributed by atoms with Gasteiger partial charge in [-0.15, -0.1) is 0 Å². The lowest BCUT2D eigenvalue weighted by atomic mass is 10.1. The van der Waals surface area contributed by atoms with E-state index in [4.69, 9.17) is 9.10 Å². The Morgan fingerprint density at radius 1 is 1.18 bits per heavy atom. The third kappa shape index (κ3) is 5.40. The predicted octanol–water partition coefficient (Wildman–Crippen LogP) is 2.50. The summed E-state index contributed by atoms with van der Waals surface area (Å²) in [4.78, 5) is 9.15. The Balaban J connectivity index is 1.48. The molecule has 176 valence electrons. The quantitative estimate of drug-likeness (QED) is 0.544. The van der Waals surface area contributed by atoms with Crippen molar-refractivity contribution in [2.24, 2.45) is 0 Å². The van der Waals surface area contributed by atoms with Gasteiger partial charge in [-0.3, -0.25) is 0 Å². The SMILES string of the molecule is [2H]C([2H])([2H])NCc1ccc(-n2cc(-c3nc(NC4CCN(S(C)(=O)=O)CC4)ncc3C)cn2)c(C)c1. The Kier molecular flexibility index (Phi) is 5.70. The van der Waals surface area contributed by atoms with Gasteiger partial charge in [0.05, 0.1) is 23.8 Å². The minimum absolute atomic E-state index is 0.0993. The first-order valence-electron chi connectivity index (χ1n) is 12.3. The van der Waals surface area contributed by atoms with Gasteiger partial charge in [-0.05, 0) is 56.4 Å². The van der Waals surface area contributed by atoms with Gasteiger partial charge in [0.25, 0.3) is 0 Å². The molecule has 1 aromatic carbocycles. The number of benzene rings is 1. The molecule has 0 spiro atoms. The molecule has 4 rings (SSSR count). The number of nitrogens with zero attached hydrogens (tertiary/aromatic N) is 5. The van der Waals surface area contributed by atoms with Gasteiger partial charge in [0.1, 0.15) is 0 Å². The zero-order valence-electron chi connectivity index (χ0n) is 22.0. The fraction of sp³-hybridized carbons (Fsp3) is 0.435. The van der Waals surface area contributed by atoms with Gasteiger partial charge in [0.15, 0.2) is 0 Å². The maximum atomic E-state index is 11.7. The van der Waals surface area contributed by atoms with Crippen molar-refractivity contribution in [3.63, 3.8) is 0 Å². The van der Waals surface area contributed by atoms with Crippen LogP contribution in [0.25, 0.3) is 16.9 Å². The van der Waals surface area contributed by atoms with Crippen molar-refractivity contribution in [3.8, 4) is 16.9 Å². The van der Waals surface area contributed by atoms with Crippen LogP contribution in [0.3, 0.4) is 0 Å². The summed E-state index contributed by atoms with van der Waals surface area (Å²) in [6.45, 7) is 2.94. The third-order valence-corrected chi connectivity index (χ3v) is 7.19. The molecule has 2 aromatic heterocycles. The molecule has 0 atom stereocenters. The molecule has 9 nitrogen and oxygen atoms in total. The molecule has 10 heteroatoms. The average Bonchev–Trinajstić information content (AvgIpc) is 3.28. The molecule has 2 N–H and O–H groups in total. The van der Waals surface area contributed by atoms with E-state index in [1.165, 1.54) is 10.6 Å². The van der Waals surface area contributed by atoms with E-state index >= 15 is 0 Å². The van der Waals surface area contributed by atoms with Gasteiger partial charge in [-0.2, -0.15) is 5.10 Å². The van der Waals surface area contributed by atoms with E-state index in [2.05, 4.69) is 20.7 Å². The largest absolute Gasteiger partial charge is 0.351 e. The molecule has 1 aliphatic rings. The maximum Gasteiger partial charge on any atom is 0.223 e. The van der Waals surface area contributed by atoms with Crippen molar-refractivity contribution < 1.29 is 12.5 Å². The van der Waals surface area contributed by atoms with E-state index in [-0.39, 0.29) is 12.6 Å². The number of aryl methyl sites for hydroxylation is 2. The van der Waals surface area contributed by atoms with Gasteiger partial charge >= 0.3 is 0 Å². The summed E-state index contributed by atoms with van der Waals surface area (Å²) in [5, 5.41) is 10.4. The molecule has 3 aromatic rings. The molecule has 0 saturated carbocycles. The molecule has 0 bridgehead atoms. The van der Waals surface area contributed by atoms with Crippen LogP contribution in [0, 0.1) is 13.8 Å². The van der Waals surface area contributed by atoms with Crippen LogP contribution in [0.4, 0.5) is 5.95 Å². The third-order valence-electron chi connectivity index (χ3n) is 5.88. The molecular weight excluding hydrogens is 438 g/mol. The number of rotatable bonds is 7. The summed E-state index contributed by atoms with van der Waals surface area (Å²) in [7, 11) is -3.17. The Bertz CT molecular complexity index is 1330.